The average Bonchev–Trinajstić information content (AvgIpc) is 2.53. The fourth-order valence-corrected chi connectivity index (χ4v) is 1.22. The quantitative estimate of drug-likeness (QED) is 0.732. The van der Waals surface area contributed by atoms with Crippen molar-refractivity contribution in [1.82, 2.24) is 14.8 Å². The Bertz CT molecular complexity index is 216. The molecule has 0 saturated carbocycles. The highest BCUT2D eigenvalue weighted by Gasteiger charge is 2.00. The highest BCUT2D eigenvalue weighted by molar-refractivity contribution is 5.07. The predicted octanol–water partition coefficient (Wildman–Crippen LogP) is 1.01. The fourth-order valence-electron chi connectivity index (χ4n) is 1.22. The fraction of sp³-hybridized carbons (Fsp3) is 0.600. The van der Waals surface area contributed by atoms with E-state index in [-0.39, 0.29) is 0 Å². The third-order valence-corrected chi connectivity index (χ3v) is 2.04. The van der Waals surface area contributed by atoms with Crippen LogP contribution in [0, 0.1) is 0 Å². The molecule has 74 valence electrons. The van der Waals surface area contributed by atoms with E-state index in [0.29, 0.717) is 0 Å². The Hall–Kier alpha value is -0.800. The Balaban J connectivity index is 2.22. The van der Waals surface area contributed by atoms with E-state index in [1.165, 1.54) is 5.56 Å². The van der Waals surface area contributed by atoms with Crippen LogP contribution in [-0.4, -0.2) is 49.0 Å². The maximum absolute atomic E-state index is 3.06. The van der Waals surface area contributed by atoms with Gasteiger partial charge in [-0.15, -0.1) is 0 Å². The summed E-state index contributed by atoms with van der Waals surface area (Å²) in [5, 5.41) is 0. The lowest BCUT2D eigenvalue weighted by Gasteiger charge is -2.18. The molecular formula is C10H19N3. The van der Waals surface area contributed by atoms with Gasteiger partial charge in [-0.1, -0.05) is 0 Å². The predicted molar refractivity (Wildman–Crippen MR) is 55.7 cm³/mol. The second-order valence-electron chi connectivity index (χ2n) is 3.76. The molecule has 1 N–H and O–H groups in total. The molecule has 1 heterocycles. The van der Waals surface area contributed by atoms with Gasteiger partial charge in [0, 0.05) is 32.0 Å². The van der Waals surface area contributed by atoms with E-state index >= 15 is 0 Å². The molecule has 0 unspecified atom stereocenters. The average molecular weight is 181 g/mol. The molecule has 1 rings (SSSR count). The topological polar surface area (TPSA) is 22.3 Å². The number of aromatic amines is 1. The Labute approximate surface area is 80.3 Å². The van der Waals surface area contributed by atoms with Gasteiger partial charge in [0.15, 0.2) is 0 Å². The Morgan fingerprint density at radius 3 is 2.54 bits per heavy atom. The number of hydrogen-bond acceptors (Lipinski definition) is 2. The maximum atomic E-state index is 3.06. The highest BCUT2D eigenvalue weighted by atomic mass is 15.1. The molecule has 0 fully saturated rings. The minimum atomic E-state index is 1.03. The van der Waals surface area contributed by atoms with Crippen LogP contribution in [0.5, 0.6) is 0 Å². The zero-order valence-corrected chi connectivity index (χ0v) is 8.75. The monoisotopic (exact) mass is 181 g/mol. The van der Waals surface area contributed by atoms with Crippen LogP contribution in [0.4, 0.5) is 0 Å². The zero-order chi connectivity index (χ0) is 9.68. The van der Waals surface area contributed by atoms with Gasteiger partial charge in [-0.3, -0.25) is 0 Å². The first kappa shape index (κ1) is 10.3. The van der Waals surface area contributed by atoms with Crippen molar-refractivity contribution in [3.05, 3.63) is 24.0 Å². The number of aromatic nitrogens is 1. The largest absolute Gasteiger partial charge is 0.367 e. The van der Waals surface area contributed by atoms with E-state index in [4.69, 9.17) is 0 Å². The molecule has 3 heteroatoms. The molecule has 1 aromatic rings. The van der Waals surface area contributed by atoms with Crippen LogP contribution in [0.1, 0.15) is 5.56 Å². The number of likely N-dealkylation sites (N-methyl/N-ethyl adjacent to an activating group) is 2. The molecule has 0 atom stereocenters. The lowest BCUT2D eigenvalue weighted by molar-refractivity contribution is 0.276. The molecule has 0 bridgehead atoms. The van der Waals surface area contributed by atoms with Crippen molar-refractivity contribution in [3.63, 3.8) is 0 Å². The van der Waals surface area contributed by atoms with Crippen molar-refractivity contribution in [3.8, 4) is 0 Å². The van der Waals surface area contributed by atoms with Crippen LogP contribution < -0.4 is 0 Å². The van der Waals surface area contributed by atoms with Gasteiger partial charge in [0.1, 0.15) is 0 Å². The maximum Gasteiger partial charge on any atom is 0.0246 e. The summed E-state index contributed by atoms with van der Waals surface area (Å²) in [4.78, 5) is 7.59. The van der Waals surface area contributed by atoms with Gasteiger partial charge in [0.2, 0.25) is 0 Å². The summed E-state index contributed by atoms with van der Waals surface area (Å²) in [5.74, 6) is 0. The summed E-state index contributed by atoms with van der Waals surface area (Å²) in [7, 11) is 6.35. The first-order valence-electron chi connectivity index (χ1n) is 4.63. The molecular weight excluding hydrogens is 162 g/mol. The Morgan fingerprint density at radius 1 is 1.23 bits per heavy atom. The smallest absolute Gasteiger partial charge is 0.0246 e. The number of rotatable bonds is 5. The SMILES string of the molecule is CN(C)CCN(C)Cc1cc[nH]c1. The summed E-state index contributed by atoms with van der Waals surface area (Å²) in [5.41, 5.74) is 1.35. The minimum Gasteiger partial charge on any atom is -0.367 e. The van der Waals surface area contributed by atoms with E-state index in [1.54, 1.807) is 0 Å². The molecule has 0 aliphatic heterocycles. The van der Waals surface area contributed by atoms with Crippen molar-refractivity contribution >= 4 is 0 Å². The van der Waals surface area contributed by atoms with Crippen molar-refractivity contribution in [1.29, 1.82) is 0 Å². The normalized spacial score (nSPS) is 11.5. The molecule has 0 aliphatic carbocycles. The third kappa shape index (κ3) is 4.10. The first-order chi connectivity index (χ1) is 6.18. The van der Waals surface area contributed by atoms with E-state index < -0.39 is 0 Å². The second-order valence-corrected chi connectivity index (χ2v) is 3.76. The van der Waals surface area contributed by atoms with Gasteiger partial charge in [-0.05, 0) is 32.8 Å². The summed E-state index contributed by atoms with van der Waals surface area (Å²) >= 11 is 0. The number of hydrogen-bond donors (Lipinski definition) is 1. The van der Waals surface area contributed by atoms with Gasteiger partial charge in [-0.25, -0.2) is 0 Å². The van der Waals surface area contributed by atoms with Gasteiger partial charge in [0.05, 0.1) is 0 Å². The summed E-state index contributed by atoms with van der Waals surface area (Å²) in [6.45, 7) is 3.25. The molecule has 0 saturated heterocycles. The molecule has 0 spiro atoms. The Kier molecular flexibility index (Phi) is 3.99. The van der Waals surface area contributed by atoms with Crippen LogP contribution in [0.15, 0.2) is 18.5 Å². The molecule has 13 heavy (non-hydrogen) atoms. The number of H-pyrrole nitrogens is 1. The van der Waals surface area contributed by atoms with Crippen molar-refractivity contribution in [2.24, 2.45) is 0 Å². The van der Waals surface area contributed by atoms with Gasteiger partial charge in [-0.2, -0.15) is 0 Å². The molecule has 0 amide bonds. The van der Waals surface area contributed by atoms with Crippen molar-refractivity contribution < 1.29 is 0 Å². The highest BCUT2D eigenvalue weighted by Crippen LogP contribution is 2.00. The van der Waals surface area contributed by atoms with Crippen LogP contribution in [0.2, 0.25) is 0 Å². The standard InChI is InChI=1S/C10H19N3/c1-12(2)6-7-13(3)9-10-4-5-11-8-10/h4-5,8,11H,6-7,9H2,1-3H3. The van der Waals surface area contributed by atoms with E-state index in [9.17, 15) is 0 Å². The Morgan fingerprint density at radius 2 is 2.00 bits per heavy atom. The van der Waals surface area contributed by atoms with Crippen LogP contribution >= 0.6 is 0 Å². The van der Waals surface area contributed by atoms with Gasteiger partial charge < -0.3 is 14.8 Å². The second kappa shape index (κ2) is 5.04. The number of nitrogens with one attached hydrogen (secondary N) is 1. The first-order valence-corrected chi connectivity index (χ1v) is 4.63. The van der Waals surface area contributed by atoms with Crippen molar-refractivity contribution in [2.45, 2.75) is 6.54 Å². The molecule has 0 aliphatic rings. The summed E-state index contributed by atoms with van der Waals surface area (Å²) < 4.78 is 0. The van der Waals surface area contributed by atoms with Gasteiger partial charge in [0.25, 0.3) is 0 Å². The lowest BCUT2D eigenvalue weighted by Crippen LogP contribution is -2.28. The zero-order valence-electron chi connectivity index (χ0n) is 8.75. The summed E-state index contributed by atoms with van der Waals surface area (Å²) in [6, 6.07) is 2.12. The van der Waals surface area contributed by atoms with Gasteiger partial charge >= 0.3 is 0 Å². The van der Waals surface area contributed by atoms with Crippen LogP contribution in [-0.2, 0) is 6.54 Å². The van der Waals surface area contributed by atoms with Crippen molar-refractivity contribution in [2.75, 3.05) is 34.2 Å². The van der Waals surface area contributed by atoms with E-state index in [1.807, 2.05) is 12.4 Å². The molecule has 0 radical (unpaired) electrons. The minimum absolute atomic E-state index is 1.03. The van der Waals surface area contributed by atoms with E-state index in [0.717, 1.165) is 19.6 Å². The molecule has 3 nitrogen and oxygen atoms in total. The number of nitrogens with zero attached hydrogens (tertiary/aromatic N) is 2. The summed E-state index contributed by atoms with van der Waals surface area (Å²) in [6.07, 6.45) is 4.02. The molecule has 0 aromatic carbocycles. The van der Waals surface area contributed by atoms with E-state index in [2.05, 4.69) is 42.0 Å². The van der Waals surface area contributed by atoms with Crippen LogP contribution in [0.3, 0.4) is 0 Å². The lowest BCUT2D eigenvalue weighted by atomic mass is 10.3. The van der Waals surface area contributed by atoms with Crippen LogP contribution in [0.25, 0.3) is 0 Å². The third-order valence-electron chi connectivity index (χ3n) is 2.04. The molecule has 1 aromatic heterocycles.